The molecule has 0 saturated carbocycles. The number of hydrazone groups is 1. The number of nitrogens with one attached hydrogen (secondary N) is 2. The van der Waals surface area contributed by atoms with Crippen LogP contribution in [0, 0.1) is 0 Å². The van der Waals surface area contributed by atoms with E-state index in [9.17, 15) is 9.90 Å². The summed E-state index contributed by atoms with van der Waals surface area (Å²) in [5.41, 5.74) is 3.15. The standard InChI is InChI=1S/C16H20BrN5O3/c1-5-25-11-7-9(6-10(17)12(11)23)8-18-21-14-13(16(2,3)4)20-22-15(24)19-14/h6-8,23H,5H2,1-4H3,(H2,19,21,22,24)/b18-8+. The molecule has 2 rings (SSSR count). The SMILES string of the molecule is CCOc1cc(/C=N/Nc2nc(=O)[nH]nc2C(C)(C)C)cc(Br)c1O. The fourth-order valence-corrected chi connectivity index (χ4v) is 2.50. The van der Waals surface area contributed by atoms with Crippen LogP contribution < -0.4 is 15.9 Å². The smallest absolute Gasteiger partial charge is 0.363 e. The quantitative estimate of drug-likeness (QED) is 0.516. The maximum absolute atomic E-state index is 11.4. The molecule has 0 aliphatic heterocycles. The highest BCUT2D eigenvalue weighted by Gasteiger charge is 2.21. The molecule has 1 aromatic carbocycles. The van der Waals surface area contributed by atoms with E-state index in [-0.39, 0.29) is 17.0 Å². The van der Waals surface area contributed by atoms with Gasteiger partial charge in [-0.3, -0.25) is 5.43 Å². The van der Waals surface area contributed by atoms with Crippen LogP contribution in [0.5, 0.6) is 11.5 Å². The molecule has 25 heavy (non-hydrogen) atoms. The van der Waals surface area contributed by atoms with Crippen molar-refractivity contribution < 1.29 is 9.84 Å². The van der Waals surface area contributed by atoms with Gasteiger partial charge in [-0.2, -0.15) is 15.2 Å². The molecule has 0 bridgehead atoms. The minimum absolute atomic E-state index is 0.0300. The average molecular weight is 410 g/mol. The Morgan fingerprint density at radius 2 is 2.16 bits per heavy atom. The van der Waals surface area contributed by atoms with Crippen molar-refractivity contribution in [3.63, 3.8) is 0 Å². The van der Waals surface area contributed by atoms with Crippen molar-refractivity contribution >= 4 is 28.0 Å². The molecule has 1 aromatic heterocycles. The molecule has 0 amide bonds. The topological polar surface area (TPSA) is 112 Å². The molecular formula is C16H20BrN5O3. The number of H-pyrrole nitrogens is 1. The van der Waals surface area contributed by atoms with Crippen LogP contribution in [0.25, 0.3) is 0 Å². The zero-order valence-electron chi connectivity index (χ0n) is 14.4. The fraction of sp³-hybridized carbons (Fsp3) is 0.375. The second-order valence-corrected chi connectivity index (χ2v) is 7.09. The van der Waals surface area contributed by atoms with E-state index in [0.29, 0.717) is 28.1 Å². The Morgan fingerprint density at radius 3 is 2.80 bits per heavy atom. The molecule has 0 atom stereocenters. The van der Waals surface area contributed by atoms with Gasteiger partial charge in [0.15, 0.2) is 17.3 Å². The number of hydrogen-bond donors (Lipinski definition) is 3. The average Bonchev–Trinajstić information content (AvgIpc) is 2.51. The van der Waals surface area contributed by atoms with Crippen LogP contribution in [-0.4, -0.2) is 33.1 Å². The Bertz CT molecular complexity index is 843. The Kier molecular flexibility index (Phi) is 5.78. The van der Waals surface area contributed by atoms with E-state index in [1.165, 1.54) is 6.21 Å². The number of nitrogens with zero attached hydrogens (tertiary/aromatic N) is 3. The predicted molar refractivity (Wildman–Crippen MR) is 99.5 cm³/mol. The summed E-state index contributed by atoms with van der Waals surface area (Å²) in [5, 5.41) is 20.4. The molecule has 134 valence electrons. The third-order valence-electron chi connectivity index (χ3n) is 3.15. The lowest BCUT2D eigenvalue weighted by Crippen LogP contribution is -2.24. The largest absolute Gasteiger partial charge is 0.503 e. The number of anilines is 1. The van der Waals surface area contributed by atoms with Gasteiger partial charge in [0.2, 0.25) is 0 Å². The fourth-order valence-electron chi connectivity index (χ4n) is 2.04. The highest BCUT2D eigenvalue weighted by atomic mass is 79.9. The van der Waals surface area contributed by atoms with Gasteiger partial charge in [-0.25, -0.2) is 9.89 Å². The van der Waals surface area contributed by atoms with Crippen LogP contribution in [0.2, 0.25) is 0 Å². The van der Waals surface area contributed by atoms with Gasteiger partial charge in [-0.15, -0.1) is 0 Å². The van der Waals surface area contributed by atoms with Gasteiger partial charge in [-0.1, -0.05) is 20.8 Å². The first-order valence-corrected chi connectivity index (χ1v) is 8.43. The summed E-state index contributed by atoms with van der Waals surface area (Å²) < 4.78 is 5.86. The summed E-state index contributed by atoms with van der Waals surface area (Å²) in [7, 11) is 0. The zero-order valence-corrected chi connectivity index (χ0v) is 16.0. The zero-order chi connectivity index (χ0) is 18.6. The predicted octanol–water partition coefficient (Wildman–Crippen LogP) is 2.78. The summed E-state index contributed by atoms with van der Waals surface area (Å²) in [6.07, 6.45) is 1.53. The second kappa shape index (κ2) is 7.64. The third-order valence-corrected chi connectivity index (χ3v) is 3.75. The number of halogens is 1. The molecule has 0 fully saturated rings. The van der Waals surface area contributed by atoms with Crippen molar-refractivity contribution in [2.45, 2.75) is 33.1 Å². The Morgan fingerprint density at radius 1 is 1.44 bits per heavy atom. The summed E-state index contributed by atoms with van der Waals surface area (Å²) >= 11 is 3.27. The number of aromatic amines is 1. The van der Waals surface area contributed by atoms with Gasteiger partial charge >= 0.3 is 5.69 Å². The van der Waals surface area contributed by atoms with Crippen molar-refractivity contribution in [1.82, 2.24) is 15.2 Å². The highest BCUT2D eigenvalue weighted by molar-refractivity contribution is 9.10. The van der Waals surface area contributed by atoms with E-state index in [0.717, 1.165) is 0 Å². The number of phenolic OH excluding ortho intramolecular Hbond substituents is 1. The number of hydrogen-bond acceptors (Lipinski definition) is 7. The third kappa shape index (κ3) is 4.79. The van der Waals surface area contributed by atoms with Gasteiger partial charge in [0.1, 0.15) is 5.69 Å². The van der Waals surface area contributed by atoms with E-state index in [4.69, 9.17) is 4.74 Å². The van der Waals surface area contributed by atoms with Gasteiger partial charge in [0.05, 0.1) is 17.3 Å². The van der Waals surface area contributed by atoms with Crippen molar-refractivity contribution in [1.29, 1.82) is 0 Å². The minimum Gasteiger partial charge on any atom is -0.503 e. The van der Waals surface area contributed by atoms with E-state index >= 15 is 0 Å². The maximum atomic E-state index is 11.4. The summed E-state index contributed by atoms with van der Waals surface area (Å²) in [5.74, 6) is 0.669. The molecule has 3 N–H and O–H groups in total. The van der Waals surface area contributed by atoms with E-state index in [1.807, 2.05) is 27.7 Å². The number of phenols is 1. The molecule has 8 nitrogen and oxygen atoms in total. The van der Waals surface area contributed by atoms with Crippen LogP contribution >= 0.6 is 15.9 Å². The van der Waals surface area contributed by atoms with Crippen molar-refractivity contribution in [2.24, 2.45) is 5.10 Å². The lowest BCUT2D eigenvalue weighted by Gasteiger charge is -2.18. The number of aromatic nitrogens is 3. The normalized spacial score (nSPS) is 11.7. The van der Waals surface area contributed by atoms with Gasteiger partial charge < -0.3 is 9.84 Å². The minimum atomic E-state index is -0.559. The molecule has 0 unspecified atom stereocenters. The number of aromatic hydroxyl groups is 1. The number of rotatable bonds is 5. The molecule has 2 aromatic rings. The monoisotopic (exact) mass is 409 g/mol. The lowest BCUT2D eigenvalue weighted by molar-refractivity contribution is 0.317. The summed E-state index contributed by atoms with van der Waals surface area (Å²) in [6, 6.07) is 3.35. The first kappa shape index (κ1) is 18.9. The van der Waals surface area contributed by atoms with Crippen LogP contribution in [-0.2, 0) is 5.41 Å². The molecule has 0 aliphatic rings. The molecule has 0 aliphatic carbocycles. The van der Waals surface area contributed by atoms with Gasteiger partial charge in [0, 0.05) is 5.41 Å². The van der Waals surface area contributed by atoms with Crippen LogP contribution in [0.1, 0.15) is 39.0 Å². The van der Waals surface area contributed by atoms with Crippen LogP contribution in [0.3, 0.4) is 0 Å². The first-order chi connectivity index (χ1) is 11.7. The lowest BCUT2D eigenvalue weighted by atomic mass is 9.92. The Balaban J connectivity index is 2.28. The number of benzene rings is 1. The number of ether oxygens (including phenoxy) is 1. The van der Waals surface area contributed by atoms with E-state index in [1.54, 1.807) is 12.1 Å². The molecular weight excluding hydrogens is 390 g/mol. The molecule has 0 radical (unpaired) electrons. The van der Waals surface area contributed by atoms with Crippen molar-refractivity contribution in [2.75, 3.05) is 12.0 Å². The van der Waals surface area contributed by atoms with Crippen LogP contribution in [0.15, 0.2) is 26.5 Å². The second-order valence-electron chi connectivity index (χ2n) is 6.24. The summed E-state index contributed by atoms with van der Waals surface area (Å²) in [6.45, 7) is 8.12. The Labute approximate surface area is 153 Å². The Hall–Kier alpha value is -2.42. The van der Waals surface area contributed by atoms with Gasteiger partial charge in [0.25, 0.3) is 0 Å². The van der Waals surface area contributed by atoms with Gasteiger partial charge in [-0.05, 0) is 40.5 Å². The van der Waals surface area contributed by atoms with Crippen LogP contribution in [0.4, 0.5) is 5.82 Å². The van der Waals surface area contributed by atoms with E-state index < -0.39 is 5.69 Å². The first-order valence-electron chi connectivity index (χ1n) is 7.64. The maximum Gasteiger partial charge on any atom is 0.363 e. The molecule has 0 saturated heterocycles. The molecule has 1 heterocycles. The van der Waals surface area contributed by atoms with E-state index in [2.05, 4.69) is 41.6 Å². The molecule has 9 heteroatoms. The van der Waals surface area contributed by atoms with Crippen molar-refractivity contribution in [3.8, 4) is 11.5 Å². The summed E-state index contributed by atoms with van der Waals surface area (Å²) in [4.78, 5) is 15.3. The highest BCUT2D eigenvalue weighted by Crippen LogP contribution is 2.35. The van der Waals surface area contributed by atoms with Crippen molar-refractivity contribution in [3.05, 3.63) is 38.3 Å². The molecule has 0 spiro atoms.